The van der Waals surface area contributed by atoms with Crippen LogP contribution in [0, 0.1) is 0 Å². The number of hydrogen-bond acceptors (Lipinski definition) is 1. The summed E-state index contributed by atoms with van der Waals surface area (Å²) in [7, 11) is 2.00. The first kappa shape index (κ1) is 6.89. The van der Waals surface area contributed by atoms with Gasteiger partial charge >= 0.3 is 6.39 Å². The molecule has 0 bridgehead atoms. The predicted octanol–water partition coefficient (Wildman–Crippen LogP) is 1.76. The zero-order valence-corrected chi connectivity index (χ0v) is 6.92. The van der Waals surface area contributed by atoms with Crippen molar-refractivity contribution in [3.63, 3.8) is 0 Å². The van der Waals surface area contributed by atoms with Gasteiger partial charge in [0.15, 0.2) is 5.76 Å². The Hall–Kier alpha value is -0.790. The number of rotatable bonds is 1. The van der Waals surface area contributed by atoms with Gasteiger partial charge < -0.3 is 4.42 Å². The fourth-order valence-electron chi connectivity index (χ4n) is 1.82. The zero-order chi connectivity index (χ0) is 7.68. The maximum Gasteiger partial charge on any atom is 0.334 e. The molecule has 0 aliphatic heterocycles. The standard InChI is InChI=1S/C9H14NO/c1-10-6-9(11-7-10)8-4-2-3-5-8/h6-8H,2-5H2,1H3/q+1. The van der Waals surface area contributed by atoms with Crippen molar-refractivity contribution in [3.05, 3.63) is 18.4 Å². The molecule has 1 aromatic heterocycles. The van der Waals surface area contributed by atoms with Gasteiger partial charge in [0.25, 0.3) is 0 Å². The lowest BCUT2D eigenvalue weighted by Gasteiger charge is -1.98. The summed E-state index contributed by atoms with van der Waals surface area (Å²) in [6.07, 6.45) is 9.23. The highest BCUT2D eigenvalue weighted by molar-refractivity contribution is 4.97. The summed E-state index contributed by atoms with van der Waals surface area (Å²) in [4.78, 5) is 0. The van der Waals surface area contributed by atoms with Crippen LogP contribution < -0.4 is 4.57 Å². The van der Waals surface area contributed by atoms with Crippen molar-refractivity contribution in [2.75, 3.05) is 0 Å². The molecule has 1 heterocycles. The Morgan fingerprint density at radius 3 is 2.73 bits per heavy atom. The molecule has 0 spiro atoms. The van der Waals surface area contributed by atoms with Gasteiger partial charge in [0.1, 0.15) is 7.05 Å². The van der Waals surface area contributed by atoms with Gasteiger partial charge in [0, 0.05) is 5.92 Å². The van der Waals surface area contributed by atoms with Crippen LogP contribution in [0.3, 0.4) is 0 Å². The van der Waals surface area contributed by atoms with Crippen molar-refractivity contribution >= 4 is 0 Å². The van der Waals surface area contributed by atoms with Crippen LogP contribution in [0.1, 0.15) is 37.4 Å². The Morgan fingerprint density at radius 2 is 2.18 bits per heavy atom. The average Bonchev–Trinajstić information content (AvgIpc) is 2.55. The molecule has 60 valence electrons. The van der Waals surface area contributed by atoms with Crippen molar-refractivity contribution in [2.45, 2.75) is 31.6 Å². The van der Waals surface area contributed by atoms with Gasteiger partial charge in [-0.05, 0) is 12.8 Å². The van der Waals surface area contributed by atoms with E-state index in [1.807, 2.05) is 11.6 Å². The topological polar surface area (TPSA) is 17.0 Å². The third kappa shape index (κ3) is 1.30. The van der Waals surface area contributed by atoms with Gasteiger partial charge in [-0.15, -0.1) is 0 Å². The van der Waals surface area contributed by atoms with Crippen LogP contribution in [0.15, 0.2) is 17.0 Å². The molecule has 1 fully saturated rings. The molecule has 11 heavy (non-hydrogen) atoms. The molecule has 0 radical (unpaired) electrons. The molecule has 1 aliphatic carbocycles. The predicted molar refractivity (Wildman–Crippen MR) is 41.1 cm³/mol. The van der Waals surface area contributed by atoms with E-state index in [1.54, 1.807) is 6.39 Å². The van der Waals surface area contributed by atoms with E-state index >= 15 is 0 Å². The van der Waals surface area contributed by atoms with Crippen molar-refractivity contribution < 1.29 is 8.98 Å². The Morgan fingerprint density at radius 1 is 1.45 bits per heavy atom. The van der Waals surface area contributed by atoms with E-state index in [4.69, 9.17) is 4.42 Å². The van der Waals surface area contributed by atoms with Crippen LogP contribution in [0.25, 0.3) is 0 Å². The number of oxazole rings is 1. The molecule has 2 rings (SSSR count). The van der Waals surface area contributed by atoms with Gasteiger partial charge in [0.2, 0.25) is 6.20 Å². The van der Waals surface area contributed by atoms with E-state index in [9.17, 15) is 0 Å². The fraction of sp³-hybridized carbons (Fsp3) is 0.667. The van der Waals surface area contributed by atoms with Crippen molar-refractivity contribution in [1.29, 1.82) is 0 Å². The summed E-state index contributed by atoms with van der Waals surface area (Å²) in [6, 6.07) is 0. The molecular weight excluding hydrogens is 138 g/mol. The molecule has 0 unspecified atom stereocenters. The lowest BCUT2D eigenvalue weighted by Crippen LogP contribution is -2.22. The third-order valence-electron chi connectivity index (χ3n) is 2.44. The molecule has 1 aliphatic rings. The zero-order valence-electron chi connectivity index (χ0n) is 6.92. The van der Waals surface area contributed by atoms with Crippen LogP contribution in [0.5, 0.6) is 0 Å². The highest BCUT2D eigenvalue weighted by atomic mass is 16.3. The average molecular weight is 152 g/mol. The molecule has 1 aromatic rings. The fourth-order valence-corrected chi connectivity index (χ4v) is 1.82. The summed E-state index contributed by atoms with van der Waals surface area (Å²) in [5.74, 6) is 1.88. The molecule has 2 heteroatoms. The van der Waals surface area contributed by atoms with Crippen LogP contribution in [-0.4, -0.2) is 0 Å². The highest BCUT2D eigenvalue weighted by Crippen LogP contribution is 2.33. The number of nitrogens with zero attached hydrogens (tertiary/aromatic N) is 1. The van der Waals surface area contributed by atoms with E-state index < -0.39 is 0 Å². The Bertz CT molecular complexity index is 235. The molecule has 0 N–H and O–H groups in total. The monoisotopic (exact) mass is 152 g/mol. The maximum absolute atomic E-state index is 5.41. The first-order chi connectivity index (χ1) is 5.36. The SMILES string of the molecule is C[n+]1coc(C2CCCC2)c1. The Kier molecular flexibility index (Phi) is 1.68. The van der Waals surface area contributed by atoms with Crippen LogP contribution in [0.2, 0.25) is 0 Å². The number of aryl methyl sites for hydroxylation is 1. The van der Waals surface area contributed by atoms with Gasteiger partial charge in [-0.1, -0.05) is 12.8 Å². The lowest BCUT2D eigenvalue weighted by molar-refractivity contribution is -0.674. The number of hydrogen-bond donors (Lipinski definition) is 0. The molecular formula is C9H14NO+. The smallest absolute Gasteiger partial charge is 0.334 e. The quantitative estimate of drug-likeness (QED) is 0.560. The second-order valence-electron chi connectivity index (χ2n) is 3.40. The summed E-state index contributed by atoms with van der Waals surface area (Å²) < 4.78 is 7.39. The van der Waals surface area contributed by atoms with Crippen molar-refractivity contribution in [1.82, 2.24) is 0 Å². The molecule has 1 saturated carbocycles. The molecule has 0 aromatic carbocycles. The first-order valence-corrected chi connectivity index (χ1v) is 4.30. The normalized spacial score (nSPS) is 19.4. The molecule has 0 saturated heterocycles. The summed E-state index contributed by atoms with van der Waals surface area (Å²) in [6.45, 7) is 0. The minimum Gasteiger partial charge on any atom is -0.409 e. The molecule has 0 amide bonds. The highest BCUT2D eigenvalue weighted by Gasteiger charge is 2.22. The lowest BCUT2D eigenvalue weighted by atomic mass is 10.1. The summed E-state index contributed by atoms with van der Waals surface area (Å²) in [5.41, 5.74) is 0. The van der Waals surface area contributed by atoms with E-state index in [-0.39, 0.29) is 0 Å². The van der Waals surface area contributed by atoms with Gasteiger partial charge in [0.05, 0.1) is 0 Å². The van der Waals surface area contributed by atoms with E-state index in [1.165, 1.54) is 31.4 Å². The second-order valence-corrected chi connectivity index (χ2v) is 3.40. The van der Waals surface area contributed by atoms with Crippen LogP contribution in [-0.2, 0) is 7.05 Å². The molecule has 0 atom stereocenters. The maximum atomic E-state index is 5.41. The molecule has 2 nitrogen and oxygen atoms in total. The van der Waals surface area contributed by atoms with Crippen molar-refractivity contribution in [2.24, 2.45) is 7.05 Å². The van der Waals surface area contributed by atoms with Gasteiger partial charge in [-0.25, -0.2) is 0 Å². The van der Waals surface area contributed by atoms with E-state index in [0.29, 0.717) is 5.92 Å². The van der Waals surface area contributed by atoms with Crippen LogP contribution >= 0.6 is 0 Å². The van der Waals surface area contributed by atoms with E-state index in [0.717, 1.165) is 0 Å². The first-order valence-electron chi connectivity index (χ1n) is 4.30. The number of aromatic nitrogens is 1. The third-order valence-corrected chi connectivity index (χ3v) is 2.44. The van der Waals surface area contributed by atoms with E-state index in [2.05, 4.69) is 6.20 Å². The summed E-state index contributed by atoms with van der Waals surface area (Å²) in [5, 5.41) is 0. The van der Waals surface area contributed by atoms with Gasteiger partial charge in [-0.2, -0.15) is 4.57 Å². The van der Waals surface area contributed by atoms with Crippen molar-refractivity contribution in [3.8, 4) is 0 Å². The Balaban J connectivity index is 2.15. The van der Waals surface area contributed by atoms with Gasteiger partial charge in [-0.3, -0.25) is 0 Å². The largest absolute Gasteiger partial charge is 0.409 e. The second kappa shape index (κ2) is 2.68. The Labute approximate surface area is 66.8 Å². The minimum absolute atomic E-state index is 0.705. The summed E-state index contributed by atoms with van der Waals surface area (Å²) >= 11 is 0. The minimum atomic E-state index is 0.705. The van der Waals surface area contributed by atoms with Crippen LogP contribution in [0.4, 0.5) is 0 Å².